The molecule has 0 aromatic carbocycles. The molecule has 100 valence electrons. The summed E-state index contributed by atoms with van der Waals surface area (Å²) >= 11 is 0. The van der Waals surface area contributed by atoms with E-state index in [1.165, 1.54) is 31.2 Å². The molecule has 1 heterocycles. The van der Waals surface area contributed by atoms with Gasteiger partial charge in [-0.15, -0.1) is 0 Å². The van der Waals surface area contributed by atoms with E-state index < -0.39 is 0 Å². The molecular formula is C16H25NO. The molecule has 0 aliphatic heterocycles. The Labute approximate surface area is 110 Å². The van der Waals surface area contributed by atoms with Crippen LogP contribution < -0.4 is 0 Å². The molecule has 2 atom stereocenters. The number of fused-ring (bicyclic) bond motifs is 1. The Kier molecular flexibility index (Phi) is 5.18. The molecule has 0 saturated carbocycles. The van der Waals surface area contributed by atoms with Gasteiger partial charge in [-0.3, -0.25) is 4.98 Å². The Hall–Kier alpha value is -0.890. The molecular weight excluding hydrogens is 222 g/mol. The number of nitrogens with zero attached hydrogens (tertiary/aromatic N) is 1. The zero-order valence-corrected chi connectivity index (χ0v) is 11.4. The minimum Gasteiger partial charge on any atom is -0.392 e. The molecule has 1 N–H and O–H groups in total. The number of rotatable bonds is 7. The van der Waals surface area contributed by atoms with Crippen molar-refractivity contribution in [2.45, 2.75) is 70.3 Å². The van der Waals surface area contributed by atoms with Crippen molar-refractivity contribution >= 4 is 0 Å². The van der Waals surface area contributed by atoms with Crippen molar-refractivity contribution in [2.75, 3.05) is 0 Å². The maximum Gasteiger partial charge on any atom is 0.0624 e. The predicted molar refractivity (Wildman–Crippen MR) is 74.7 cm³/mol. The second kappa shape index (κ2) is 6.89. The maximum atomic E-state index is 10.3. The van der Waals surface area contributed by atoms with Crippen LogP contribution in [-0.2, 0) is 6.42 Å². The van der Waals surface area contributed by atoms with Gasteiger partial charge in [0.05, 0.1) is 6.10 Å². The van der Waals surface area contributed by atoms with Gasteiger partial charge < -0.3 is 5.11 Å². The largest absolute Gasteiger partial charge is 0.392 e. The van der Waals surface area contributed by atoms with Gasteiger partial charge in [0.15, 0.2) is 0 Å². The average molecular weight is 247 g/mol. The second-order valence-electron chi connectivity index (χ2n) is 5.46. The number of aromatic nitrogens is 1. The van der Waals surface area contributed by atoms with Crippen LogP contribution in [0.2, 0.25) is 0 Å². The number of hydrogen-bond donors (Lipinski definition) is 1. The van der Waals surface area contributed by atoms with Crippen LogP contribution in [0.1, 0.15) is 69.0 Å². The highest BCUT2D eigenvalue weighted by molar-refractivity contribution is 5.29. The number of unbranched alkanes of at least 4 members (excludes halogenated alkanes) is 4. The van der Waals surface area contributed by atoms with Crippen molar-refractivity contribution in [1.82, 2.24) is 4.98 Å². The van der Waals surface area contributed by atoms with Gasteiger partial charge in [0, 0.05) is 17.8 Å². The summed E-state index contributed by atoms with van der Waals surface area (Å²) in [7, 11) is 0. The van der Waals surface area contributed by atoms with Gasteiger partial charge in [0.25, 0.3) is 0 Å². The van der Waals surface area contributed by atoms with Crippen LogP contribution in [0.15, 0.2) is 18.3 Å². The smallest absolute Gasteiger partial charge is 0.0624 e. The minimum atomic E-state index is -0.192. The van der Waals surface area contributed by atoms with Crippen LogP contribution in [0, 0.1) is 0 Å². The van der Waals surface area contributed by atoms with Crippen LogP contribution in [-0.4, -0.2) is 16.2 Å². The Morgan fingerprint density at radius 2 is 2.17 bits per heavy atom. The highest BCUT2D eigenvalue weighted by Gasteiger charge is 2.29. The lowest BCUT2D eigenvalue weighted by molar-refractivity contribution is 0.128. The van der Waals surface area contributed by atoms with Gasteiger partial charge in [0.1, 0.15) is 0 Å². The van der Waals surface area contributed by atoms with E-state index in [2.05, 4.69) is 18.0 Å². The SMILES string of the molecule is CCCCCCCC(O)C1CCc2cccnc21. The fourth-order valence-corrected chi connectivity index (χ4v) is 2.98. The lowest BCUT2D eigenvalue weighted by Crippen LogP contribution is -2.17. The molecule has 2 nitrogen and oxygen atoms in total. The molecule has 2 unspecified atom stereocenters. The molecule has 2 rings (SSSR count). The average Bonchev–Trinajstić information content (AvgIpc) is 2.82. The van der Waals surface area contributed by atoms with Crippen molar-refractivity contribution in [2.24, 2.45) is 0 Å². The molecule has 1 aromatic heterocycles. The molecule has 0 saturated heterocycles. The van der Waals surface area contributed by atoms with Gasteiger partial charge in [0.2, 0.25) is 0 Å². The van der Waals surface area contributed by atoms with Gasteiger partial charge in [-0.05, 0) is 30.9 Å². The Bertz CT molecular complexity index is 364. The number of aliphatic hydroxyl groups is 1. The molecule has 1 aliphatic carbocycles. The third kappa shape index (κ3) is 3.32. The third-order valence-corrected chi connectivity index (χ3v) is 4.07. The number of hydrogen-bond acceptors (Lipinski definition) is 2. The first-order valence-corrected chi connectivity index (χ1v) is 7.44. The van der Waals surface area contributed by atoms with Gasteiger partial charge >= 0.3 is 0 Å². The Morgan fingerprint density at radius 3 is 3.00 bits per heavy atom. The summed E-state index contributed by atoms with van der Waals surface area (Å²) in [4.78, 5) is 4.46. The van der Waals surface area contributed by atoms with E-state index in [1.54, 1.807) is 0 Å². The Balaban J connectivity index is 1.78. The summed E-state index contributed by atoms with van der Waals surface area (Å²) in [5, 5.41) is 10.3. The summed E-state index contributed by atoms with van der Waals surface area (Å²) in [5.41, 5.74) is 2.49. The van der Waals surface area contributed by atoms with E-state index in [0.717, 1.165) is 31.4 Å². The minimum absolute atomic E-state index is 0.192. The Morgan fingerprint density at radius 1 is 1.33 bits per heavy atom. The first kappa shape index (κ1) is 13.5. The zero-order valence-electron chi connectivity index (χ0n) is 11.4. The monoisotopic (exact) mass is 247 g/mol. The summed E-state index contributed by atoms with van der Waals surface area (Å²) in [6, 6.07) is 4.15. The standard InChI is InChI=1S/C16H25NO/c1-2-3-4-5-6-9-15(18)14-11-10-13-8-7-12-17-16(13)14/h7-8,12,14-15,18H,2-6,9-11H2,1H3. The van der Waals surface area contributed by atoms with E-state index >= 15 is 0 Å². The van der Waals surface area contributed by atoms with Crippen LogP contribution in [0.5, 0.6) is 0 Å². The van der Waals surface area contributed by atoms with Crippen molar-refractivity contribution in [3.8, 4) is 0 Å². The van der Waals surface area contributed by atoms with Gasteiger partial charge in [-0.2, -0.15) is 0 Å². The van der Waals surface area contributed by atoms with Crippen molar-refractivity contribution in [3.63, 3.8) is 0 Å². The van der Waals surface area contributed by atoms with E-state index in [-0.39, 0.29) is 12.0 Å². The molecule has 0 fully saturated rings. The normalized spacial score (nSPS) is 19.8. The van der Waals surface area contributed by atoms with Gasteiger partial charge in [-0.1, -0.05) is 45.1 Å². The summed E-state index contributed by atoms with van der Waals surface area (Å²) in [5.74, 6) is 0.285. The second-order valence-corrected chi connectivity index (χ2v) is 5.46. The summed E-state index contributed by atoms with van der Waals surface area (Å²) < 4.78 is 0. The lowest BCUT2D eigenvalue weighted by atomic mass is 9.94. The number of aliphatic hydroxyl groups excluding tert-OH is 1. The van der Waals surface area contributed by atoms with E-state index in [1.807, 2.05) is 12.3 Å². The molecule has 2 heteroatoms. The molecule has 18 heavy (non-hydrogen) atoms. The quantitative estimate of drug-likeness (QED) is 0.743. The van der Waals surface area contributed by atoms with Crippen molar-refractivity contribution < 1.29 is 5.11 Å². The highest BCUT2D eigenvalue weighted by atomic mass is 16.3. The van der Waals surface area contributed by atoms with Crippen LogP contribution >= 0.6 is 0 Å². The first-order valence-electron chi connectivity index (χ1n) is 7.44. The molecule has 0 bridgehead atoms. The predicted octanol–water partition coefficient (Wildman–Crippen LogP) is 3.83. The first-order chi connectivity index (χ1) is 8.83. The molecule has 0 amide bonds. The van der Waals surface area contributed by atoms with Gasteiger partial charge in [-0.25, -0.2) is 0 Å². The maximum absolute atomic E-state index is 10.3. The van der Waals surface area contributed by atoms with E-state index in [0.29, 0.717) is 0 Å². The fraction of sp³-hybridized carbons (Fsp3) is 0.688. The topological polar surface area (TPSA) is 33.1 Å². The number of pyridine rings is 1. The van der Waals surface area contributed by atoms with Crippen LogP contribution in [0.3, 0.4) is 0 Å². The van der Waals surface area contributed by atoms with Crippen LogP contribution in [0.4, 0.5) is 0 Å². The summed E-state index contributed by atoms with van der Waals surface area (Å²) in [6.45, 7) is 2.23. The molecule has 0 spiro atoms. The van der Waals surface area contributed by atoms with E-state index in [4.69, 9.17) is 0 Å². The molecule has 0 radical (unpaired) electrons. The third-order valence-electron chi connectivity index (χ3n) is 4.07. The van der Waals surface area contributed by atoms with Crippen molar-refractivity contribution in [3.05, 3.63) is 29.6 Å². The molecule has 1 aliphatic rings. The van der Waals surface area contributed by atoms with Crippen LogP contribution in [0.25, 0.3) is 0 Å². The lowest BCUT2D eigenvalue weighted by Gasteiger charge is -2.18. The van der Waals surface area contributed by atoms with E-state index in [9.17, 15) is 5.11 Å². The zero-order chi connectivity index (χ0) is 12.8. The summed E-state index contributed by atoms with van der Waals surface area (Å²) in [6.07, 6.45) is 11.1. The molecule has 1 aromatic rings. The van der Waals surface area contributed by atoms with Crippen molar-refractivity contribution in [1.29, 1.82) is 0 Å². The number of aryl methyl sites for hydroxylation is 1. The fourth-order valence-electron chi connectivity index (χ4n) is 2.98. The highest BCUT2D eigenvalue weighted by Crippen LogP contribution is 2.35.